The van der Waals surface area contributed by atoms with Gasteiger partial charge in [-0.05, 0) is 55.0 Å². The number of anilines is 1. The van der Waals surface area contributed by atoms with E-state index in [-0.39, 0.29) is 0 Å². The Hall–Kier alpha value is -2.00. The van der Waals surface area contributed by atoms with Gasteiger partial charge < -0.3 is 9.64 Å². The fourth-order valence-electron chi connectivity index (χ4n) is 4.47. The van der Waals surface area contributed by atoms with Crippen LogP contribution < -0.4 is 9.64 Å². The van der Waals surface area contributed by atoms with Crippen molar-refractivity contribution in [1.29, 1.82) is 0 Å². The molecule has 0 N–H and O–H groups in total. The maximum Gasteiger partial charge on any atom is 0.119 e. The molecule has 1 saturated heterocycles. The maximum absolute atomic E-state index is 5.44. The van der Waals surface area contributed by atoms with Gasteiger partial charge in [0.2, 0.25) is 0 Å². The molecular weight excluding hydrogens is 296 g/mol. The van der Waals surface area contributed by atoms with E-state index in [0.717, 1.165) is 12.3 Å². The first-order chi connectivity index (χ1) is 11.7. The smallest absolute Gasteiger partial charge is 0.119 e. The summed E-state index contributed by atoms with van der Waals surface area (Å²) in [6, 6.07) is 17.9. The number of benzene rings is 2. The first-order valence-corrected chi connectivity index (χ1v) is 8.90. The number of ether oxygens (including phenoxy) is 1. The molecule has 0 spiro atoms. The number of hydrogen-bond acceptors (Lipinski definition) is 3. The minimum absolute atomic E-state index is 0.444. The van der Waals surface area contributed by atoms with E-state index in [4.69, 9.17) is 4.74 Å². The minimum atomic E-state index is 0.444. The lowest BCUT2D eigenvalue weighted by Gasteiger charge is -2.51. The third kappa shape index (κ3) is 2.48. The molecule has 2 aromatic rings. The quantitative estimate of drug-likeness (QED) is 0.832. The molecule has 0 radical (unpaired) electrons. The fraction of sp³-hybridized carbons (Fsp3) is 0.429. The zero-order chi connectivity index (χ0) is 16.7. The maximum atomic E-state index is 5.44. The van der Waals surface area contributed by atoms with Crippen LogP contribution in [0.2, 0.25) is 0 Å². The van der Waals surface area contributed by atoms with Gasteiger partial charge in [-0.1, -0.05) is 30.3 Å². The molecule has 1 fully saturated rings. The highest BCUT2D eigenvalue weighted by Gasteiger charge is 2.40. The van der Waals surface area contributed by atoms with Crippen molar-refractivity contribution in [2.75, 3.05) is 25.6 Å². The Morgan fingerprint density at radius 2 is 1.92 bits per heavy atom. The Morgan fingerprint density at radius 3 is 2.67 bits per heavy atom. The van der Waals surface area contributed by atoms with Gasteiger partial charge in [0, 0.05) is 25.3 Å². The summed E-state index contributed by atoms with van der Waals surface area (Å²) in [5, 5.41) is 0. The summed E-state index contributed by atoms with van der Waals surface area (Å²) < 4.78 is 5.44. The van der Waals surface area contributed by atoms with Crippen LogP contribution in [0.5, 0.6) is 5.75 Å². The highest BCUT2D eigenvalue weighted by molar-refractivity contribution is 5.60. The monoisotopic (exact) mass is 322 g/mol. The Bertz CT molecular complexity index is 715. The van der Waals surface area contributed by atoms with E-state index in [1.54, 1.807) is 7.11 Å². The predicted molar refractivity (Wildman–Crippen MR) is 98.7 cm³/mol. The summed E-state index contributed by atoms with van der Waals surface area (Å²) in [5.41, 5.74) is 4.23. The molecule has 0 aromatic heterocycles. The molecule has 3 heteroatoms. The molecule has 2 aliphatic rings. The average molecular weight is 322 g/mol. The molecule has 2 heterocycles. The van der Waals surface area contributed by atoms with Crippen molar-refractivity contribution in [3.8, 4) is 5.75 Å². The van der Waals surface area contributed by atoms with Gasteiger partial charge in [-0.3, -0.25) is 4.90 Å². The lowest BCUT2D eigenvalue weighted by molar-refractivity contribution is 0.0859. The summed E-state index contributed by atoms with van der Waals surface area (Å²) in [7, 11) is 3.99. The van der Waals surface area contributed by atoms with Crippen molar-refractivity contribution in [3.05, 3.63) is 59.7 Å². The summed E-state index contributed by atoms with van der Waals surface area (Å²) in [6.45, 7) is 3.49. The van der Waals surface area contributed by atoms with Crippen molar-refractivity contribution in [1.82, 2.24) is 4.90 Å². The topological polar surface area (TPSA) is 15.7 Å². The highest BCUT2D eigenvalue weighted by Crippen LogP contribution is 2.46. The van der Waals surface area contributed by atoms with Gasteiger partial charge in [0.1, 0.15) is 5.75 Å². The standard InChI is InChI=1S/C21H26N2O/c1-15(16-7-5-4-6-8-16)23-12-11-17-13-21(23)22(2)20-10-9-18(24-3)14-19(17)20/h4-10,14-15,17,21H,11-13H2,1-3H3. The number of nitrogens with zero attached hydrogens (tertiary/aromatic N) is 2. The zero-order valence-corrected chi connectivity index (χ0v) is 14.8. The largest absolute Gasteiger partial charge is 0.497 e. The van der Waals surface area contributed by atoms with Crippen LogP contribution in [-0.2, 0) is 0 Å². The highest BCUT2D eigenvalue weighted by atomic mass is 16.5. The number of piperidine rings is 1. The Balaban J connectivity index is 1.65. The van der Waals surface area contributed by atoms with E-state index in [9.17, 15) is 0 Å². The second-order valence-corrected chi connectivity index (χ2v) is 7.06. The number of rotatable bonds is 3. The third-order valence-corrected chi connectivity index (χ3v) is 5.89. The second kappa shape index (κ2) is 6.14. The Morgan fingerprint density at radius 1 is 1.12 bits per heavy atom. The van der Waals surface area contributed by atoms with Gasteiger partial charge in [-0.2, -0.15) is 0 Å². The van der Waals surface area contributed by atoms with Gasteiger partial charge in [-0.15, -0.1) is 0 Å². The third-order valence-electron chi connectivity index (χ3n) is 5.89. The molecule has 0 aliphatic carbocycles. The Kier molecular flexibility index (Phi) is 3.97. The molecular formula is C21H26N2O. The van der Waals surface area contributed by atoms with Crippen LogP contribution in [-0.4, -0.2) is 31.8 Å². The predicted octanol–water partition coefficient (Wildman–Crippen LogP) is 4.41. The number of fused-ring (bicyclic) bond motifs is 4. The van der Waals surface area contributed by atoms with E-state index in [1.165, 1.54) is 29.7 Å². The van der Waals surface area contributed by atoms with Crippen molar-refractivity contribution in [2.45, 2.75) is 37.9 Å². The zero-order valence-electron chi connectivity index (χ0n) is 14.8. The SMILES string of the molecule is COc1ccc2c(c1)C1CCN(C(C)c3ccccc3)C(C1)N2C. The van der Waals surface area contributed by atoms with Gasteiger partial charge in [-0.25, -0.2) is 0 Å². The summed E-state index contributed by atoms with van der Waals surface area (Å²) in [5.74, 6) is 1.62. The van der Waals surface area contributed by atoms with Crippen molar-refractivity contribution >= 4 is 5.69 Å². The van der Waals surface area contributed by atoms with Crippen molar-refractivity contribution in [3.63, 3.8) is 0 Å². The van der Waals surface area contributed by atoms with E-state index in [2.05, 4.69) is 72.3 Å². The van der Waals surface area contributed by atoms with Crippen LogP contribution in [0.1, 0.15) is 42.9 Å². The Labute approximate surface area is 144 Å². The van der Waals surface area contributed by atoms with Crippen LogP contribution in [0.3, 0.4) is 0 Å². The van der Waals surface area contributed by atoms with Crippen LogP contribution in [0.15, 0.2) is 48.5 Å². The number of methoxy groups -OCH3 is 1. The molecule has 24 heavy (non-hydrogen) atoms. The molecule has 126 valence electrons. The van der Waals surface area contributed by atoms with E-state index >= 15 is 0 Å². The number of likely N-dealkylation sites (tertiary alicyclic amines) is 1. The summed E-state index contributed by atoms with van der Waals surface area (Å²) >= 11 is 0. The fourth-order valence-corrected chi connectivity index (χ4v) is 4.47. The summed E-state index contributed by atoms with van der Waals surface area (Å²) in [4.78, 5) is 5.13. The van der Waals surface area contributed by atoms with Gasteiger partial charge >= 0.3 is 0 Å². The molecule has 2 aliphatic heterocycles. The molecule has 3 nitrogen and oxygen atoms in total. The normalized spacial score (nSPS) is 24.4. The molecule has 0 saturated carbocycles. The van der Waals surface area contributed by atoms with Crippen molar-refractivity contribution in [2.24, 2.45) is 0 Å². The van der Waals surface area contributed by atoms with Crippen molar-refractivity contribution < 1.29 is 4.74 Å². The first kappa shape index (κ1) is 15.5. The molecule has 3 unspecified atom stereocenters. The summed E-state index contributed by atoms with van der Waals surface area (Å²) in [6.07, 6.45) is 2.90. The lowest BCUT2D eigenvalue weighted by Crippen LogP contribution is -2.54. The second-order valence-electron chi connectivity index (χ2n) is 7.06. The molecule has 0 amide bonds. The molecule has 3 atom stereocenters. The average Bonchev–Trinajstić information content (AvgIpc) is 2.66. The number of hydrogen-bond donors (Lipinski definition) is 0. The van der Waals surface area contributed by atoms with E-state index in [0.29, 0.717) is 18.1 Å². The molecule has 2 aromatic carbocycles. The molecule has 4 rings (SSSR count). The van der Waals surface area contributed by atoms with E-state index < -0.39 is 0 Å². The van der Waals surface area contributed by atoms with Crippen LogP contribution >= 0.6 is 0 Å². The van der Waals surface area contributed by atoms with Crippen LogP contribution in [0, 0.1) is 0 Å². The van der Waals surface area contributed by atoms with Gasteiger partial charge in [0.15, 0.2) is 0 Å². The van der Waals surface area contributed by atoms with E-state index in [1.807, 2.05) is 0 Å². The van der Waals surface area contributed by atoms with Gasteiger partial charge in [0.05, 0.1) is 13.3 Å². The minimum Gasteiger partial charge on any atom is -0.497 e. The first-order valence-electron chi connectivity index (χ1n) is 8.90. The van der Waals surface area contributed by atoms with Crippen LogP contribution in [0.4, 0.5) is 5.69 Å². The molecule has 2 bridgehead atoms. The van der Waals surface area contributed by atoms with Crippen LogP contribution in [0.25, 0.3) is 0 Å². The lowest BCUT2D eigenvalue weighted by atomic mass is 9.81. The van der Waals surface area contributed by atoms with Gasteiger partial charge in [0.25, 0.3) is 0 Å².